The van der Waals surface area contributed by atoms with Gasteiger partial charge in [0.1, 0.15) is 16.6 Å². The number of pyridine rings is 1. The molecule has 4 rings (SSSR count). The van der Waals surface area contributed by atoms with Crippen LogP contribution in [0.2, 0.25) is 0 Å². The summed E-state index contributed by atoms with van der Waals surface area (Å²) in [5.74, 6) is 0.370. The maximum atomic E-state index is 13.7. The first kappa shape index (κ1) is 15.8. The minimum Gasteiger partial charge on any atom is -0.494 e. The van der Waals surface area contributed by atoms with E-state index < -0.39 is 5.82 Å². The van der Waals surface area contributed by atoms with Crippen molar-refractivity contribution in [2.24, 2.45) is 0 Å². The quantitative estimate of drug-likeness (QED) is 0.523. The molecule has 0 saturated heterocycles. The second-order valence-corrected chi connectivity index (χ2v) is 6.31. The van der Waals surface area contributed by atoms with Crippen LogP contribution in [0.15, 0.2) is 47.6 Å². The number of hydrogen-bond acceptors (Lipinski definition) is 4. The number of halogens is 2. The molecular weight excluding hydrogens is 389 g/mol. The standard InChI is InChI=1S/C17H13BrFN5O/c1-10-5-11(8-23-15(18)7-20-16(10)23)17-21-9-22-24(17)12-3-4-13(19)14(6-12)25-2/h3-9H,1-2H3. The molecular formula is C17H13BrFN5O. The zero-order chi connectivity index (χ0) is 17.6. The third-order valence-corrected chi connectivity index (χ3v) is 4.52. The SMILES string of the molecule is COc1cc(-n2ncnc2-c2cc(C)c3ncc(Br)n3c2)ccc1F. The molecule has 0 amide bonds. The lowest BCUT2D eigenvalue weighted by Crippen LogP contribution is -2.02. The molecule has 0 aliphatic carbocycles. The van der Waals surface area contributed by atoms with E-state index >= 15 is 0 Å². The van der Waals surface area contributed by atoms with Crippen LogP contribution in [0, 0.1) is 12.7 Å². The molecule has 126 valence electrons. The molecule has 0 saturated carbocycles. The number of benzene rings is 1. The second kappa shape index (κ2) is 5.96. The number of hydrogen-bond donors (Lipinski definition) is 0. The van der Waals surface area contributed by atoms with Crippen LogP contribution in [0.4, 0.5) is 4.39 Å². The molecule has 0 spiro atoms. The summed E-state index contributed by atoms with van der Waals surface area (Å²) >= 11 is 3.49. The summed E-state index contributed by atoms with van der Waals surface area (Å²) in [6, 6.07) is 6.57. The Bertz CT molecular complexity index is 1090. The molecule has 0 aliphatic heterocycles. The summed E-state index contributed by atoms with van der Waals surface area (Å²) < 4.78 is 23.2. The first-order valence-electron chi connectivity index (χ1n) is 7.46. The fraction of sp³-hybridized carbons (Fsp3) is 0.118. The van der Waals surface area contributed by atoms with E-state index in [1.54, 1.807) is 23.0 Å². The van der Waals surface area contributed by atoms with E-state index in [-0.39, 0.29) is 5.75 Å². The number of aryl methyl sites for hydroxylation is 1. The average Bonchev–Trinajstić information content (AvgIpc) is 3.23. The summed E-state index contributed by atoms with van der Waals surface area (Å²) in [6.45, 7) is 1.99. The molecule has 3 aromatic heterocycles. The molecule has 4 aromatic rings. The largest absolute Gasteiger partial charge is 0.494 e. The summed E-state index contributed by atoms with van der Waals surface area (Å²) in [7, 11) is 1.43. The van der Waals surface area contributed by atoms with Crippen LogP contribution in [-0.2, 0) is 0 Å². The van der Waals surface area contributed by atoms with Gasteiger partial charge in [-0.3, -0.25) is 4.40 Å². The van der Waals surface area contributed by atoms with Crippen LogP contribution in [0.5, 0.6) is 5.75 Å². The van der Waals surface area contributed by atoms with Gasteiger partial charge in [-0.15, -0.1) is 0 Å². The Morgan fingerprint density at radius 3 is 2.84 bits per heavy atom. The van der Waals surface area contributed by atoms with Crippen LogP contribution >= 0.6 is 15.9 Å². The highest BCUT2D eigenvalue weighted by Gasteiger charge is 2.14. The predicted molar refractivity (Wildman–Crippen MR) is 94.5 cm³/mol. The van der Waals surface area contributed by atoms with Crippen molar-refractivity contribution >= 4 is 21.6 Å². The molecule has 0 unspecified atom stereocenters. The first-order chi connectivity index (χ1) is 12.1. The Morgan fingerprint density at radius 2 is 2.04 bits per heavy atom. The van der Waals surface area contributed by atoms with Gasteiger partial charge in [-0.05, 0) is 46.6 Å². The molecule has 1 aromatic carbocycles. The van der Waals surface area contributed by atoms with E-state index in [1.165, 1.54) is 19.5 Å². The van der Waals surface area contributed by atoms with Gasteiger partial charge in [0.05, 0.1) is 19.0 Å². The Balaban J connectivity index is 1.89. The number of ether oxygens (including phenoxy) is 1. The highest BCUT2D eigenvalue weighted by molar-refractivity contribution is 9.10. The van der Waals surface area contributed by atoms with Gasteiger partial charge in [0.25, 0.3) is 0 Å². The summed E-state index contributed by atoms with van der Waals surface area (Å²) in [4.78, 5) is 8.74. The van der Waals surface area contributed by atoms with Gasteiger partial charge in [-0.2, -0.15) is 5.10 Å². The van der Waals surface area contributed by atoms with Gasteiger partial charge in [0.2, 0.25) is 0 Å². The molecule has 0 atom stereocenters. The number of aromatic nitrogens is 5. The van der Waals surface area contributed by atoms with Crippen LogP contribution in [0.25, 0.3) is 22.7 Å². The summed E-state index contributed by atoms with van der Waals surface area (Å²) in [5, 5.41) is 4.28. The third kappa shape index (κ3) is 2.58. The van der Waals surface area contributed by atoms with Crippen LogP contribution in [0.3, 0.4) is 0 Å². The van der Waals surface area contributed by atoms with Crippen molar-refractivity contribution in [3.05, 3.63) is 59.0 Å². The molecule has 6 nitrogen and oxygen atoms in total. The molecule has 0 fully saturated rings. The third-order valence-electron chi connectivity index (χ3n) is 3.93. The Hall–Kier alpha value is -2.74. The fourth-order valence-corrected chi connectivity index (χ4v) is 3.13. The number of rotatable bonds is 3. The fourth-order valence-electron chi connectivity index (χ4n) is 2.76. The second-order valence-electron chi connectivity index (χ2n) is 5.50. The van der Waals surface area contributed by atoms with Crippen molar-refractivity contribution in [2.75, 3.05) is 7.11 Å². The lowest BCUT2D eigenvalue weighted by molar-refractivity contribution is 0.386. The number of imidazole rings is 1. The molecule has 0 aliphatic rings. The topological polar surface area (TPSA) is 57.2 Å². The molecule has 0 N–H and O–H groups in total. The molecule has 3 heterocycles. The summed E-state index contributed by atoms with van der Waals surface area (Å²) in [5.41, 5.74) is 3.40. The molecule has 25 heavy (non-hydrogen) atoms. The minimum atomic E-state index is -0.424. The minimum absolute atomic E-state index is 0.155. The zero-order valence-corrected chi connectivity index (χ0v) is 15.0. The van der Waals surface area contributed by atoms with Gasteiger partial charge >= 0.3 is 0 Å². The van der Waals surface area contributed by atoms with Crippen molar-refractivity contribution in [3.63, 3.8) is 0 Å². The van der Waals surface area contributed by atoms with E-state index in [0.717, 1.165) is 21.4 Å². The van der Waals surface area contributed by atoms with Crippen molar-refractivity contribution in [1.82, 2.24) is 24.1 Å². The Kier molecular flexibility index (Phi) is 3.76. The van der Waals surface area contributed by atoms with Gasteiger partial charge in [0.15, 0.2) is 17.4 Å². The van der Waals surface area contributed by atoms with Crippen LogP contribution < -0.4 is 4.74 Å². The predicted octanol–water partition coefficient (Wildman–Crippen LogP) is 3.80. The maximum Gasteiger partial charge on any atom is 0.165 e. The van der Waals surface area contributed by atoms with Crippen molar-refractivity contribution < 1.29 is 9.13 Å². The van der Waals surface area contributed by atoms with Crippen molar-refractivity contribution in [2.45, 2.75) is 6.92 Å². The lowest BCUT2D eigenvalue weighted by atomic mass is 10.2. The number of methoxy groups -OCH3 is 1. The van der Waals surface area contributed by atoms with Crippen molar-refractivity contribution in [3.8, 4) is 22.8 Å². The van der Waals surface area contributed by atoms with Gasteiger partial charge in [-0.1, -0.05) is 0 Å². The average molecular weight is 402 g/mol. The van der Waals surface area contributed by atoms with Crippen LogP contribution in [-0.4, -0.2) is 31.3 Å². The van der Waals surface area contributed by atoms with Crippen LogP contribution in [0.1, 0.15) is 5.56 Å². The lowest BCUT2D eigenvalue weighted by Gasteiger charge is -2.10. The molecule has 8 heteroatoms. The number of nitrogens with zero attached hydrogens (tertiary/aromatic N) is 5. The van der Waals surface area contributed by atoms with E-state index in [0.29, 0.717) is 11.5 Å². The summed E-state index contributed by atoms with van der Waals surface area (Å²) in [6.07, 6.45) is 5.15. The highest BCUT2D eigenvalue weighted by Crippen LogP contribution is 2.27. The van der Waals surface area contributed by atoms with Gasteiger partial charge < -0.3 is 4.74 Å². The molecule has 0 radical (unpaired) electrons. The van der Waals surface area contributed by atoms with Crippen molar-refractivity contribution in [1.29, 1.82) is 0 Å². The number of fused-ring (bicyclic) bond motifs is 1. The highest BCUT2D eigenvalue weighted by atomic mass is 79.9. The van der Waals surface area contributed by atoms with E-state index in [1.807, 2.05) is 23.6 Å². The maximum absolute atomic E-state index is 13.7. The normalized spacial score (nSPS) is 11.2. The van der Waals surface area contributed by atoms with Gasteiger partial charge in [0, 0.05) is 17.8 Å². The first-order valence-corrected chi connectivity index (χ1v) is 8.25. The Morgan fingerprint density at radius 1 is 1.20 bits per heavy atom. The van der Waals surface area contributed by atoms with E-state index in [4.69, 9.17) is 4.74 Å². The smallest absolute Gasteiger partial charge is 0.165 e. The Labute approximate surface area is 151 Å². The zero-order valence-electron chi connectivity index (χ0n) is 13.4. The monoisotopic (exact) mass is 401 g/mol. The van der Waals surface area contributed by atoms with E-state index in [9.17, 15) is 4.39 Å². The van der Waals surface area contributed by atoms with Gasteiger partial charge in [-0.25, -0.2) is 19.0 Å². The van der Waals surface area contributed by atoms with E-state index in [2.05, 4.69) is 31.0 Å². The molecule has 0 bridgehead atoms.